The zero-order valence-electron chi connectivity index (χ0n) is 12.0. The number of halogens is 4. The highest BCUT2D eigenvalue weighted by atomic mass is 127. The van der Waals surface area contributed by atoms with Crippen LogP contribution in [0.4, 0.5) is 13.2 Å². The summed E-state index contributed by atoms with van der Waals surface area (Å²) in [5, 5.41) is 1.72. The van der Waals surface area contributed by atoms with Crippen molar-refractivity contribution in [3.8, 4) is 11.6 Å². The fourth-order valence-electron chi connectivity index (χ4n) is 2.23. The molecule has 1 heterocycles. The fourth-order valence-corrected chi connectivity index (χ4v) is 2.88. The molecule has 0 amide bonds. The molecule has 1 aromatic heterocycles. The lowest BCUT2D eigenvalue weighted by Crippen LogP contribution is -2.04. The summed E-state index contributed by atoms with van der Waals surface area (Å²) in [4.78, 5) is 4.16. The number of fused-ring (bicyclic) bond motifs is 1. The van der Waals surface area contributed by atoms with Gasteiger partial charge >= 0.3 is 6.18 Å². The van der Waals surface area contributed by atoms with Crippen molar-refractivity contribution >= 4 is 33.4 Å². The molecule has 118 valence electrons. The van der Waals surface area contributed by atoms with Crippen LogP contribution in [0.1, 0.15) is 11.1 Å². The Morgan fingerprint density at radius 3 is 2.57 bits per heavy atom. The average Bonchev–Trinajstić information content (AvgIpc) is 2.51. The van der Waals surface area contributed by atoms with Gasteiger partial charge < -0.3 is 4.74 Å². The Bertz CT molecular complexity index is 877. The Hall–Kier alpha value is -1.83. The van der Waals surface area contributed by atoms with Crippen LogP contribution in [-0.4, -0.2) is 4.98 Å². The number of aryl methyl sites for hydroxylation is 1. The summed E-state index contributed by atoms with van der Waals surface area (Å²) < 4.78 is 45.0. The number of hydrogen-bond donors (Lipinski definition) is 0. The van der Waals surface area contributed by atoms with Gasteiger partial charge in [-0.05, 0) is 65.4 Å². The van der Waals surface area contributed by atoms with E-state index in [1.807, 2.05) is 25.1 Å². The summed E-state index contributed by atoms with van der Waals surface area (Å²) in [5.74, 6) is 0.398. The standard InChI is InChI=1S/C17H11F3INO/c1-10-5-6-14-13(15(10)21)7-8-22-16(14)23-12-4-2-3-11(9-12)17(18,19)20/h2-9H,1H3. The third-order valence-electron chi connectivity index (χ3n) is 3.41. The third-order valence-corrected chi connectivity index (χ3v) is 4.84. The van der Waals surface area contributed by atoms with E-state index in [1.165, 1.54) is 12.1 Å². The number of pyridine rings is 1. The molecule has 0 fully saturated rings. The first kappa shape index (κ1) is 16.0. The van der Waals surface area contributed by atoms with E-state index in [2.05, 4.69) is 27.6 Å². The van der Waals surface area contributed by atoms with Crippen molar-refractivity contribution in [2.45, 2.75) is 13.1 Å². The topological polar surface area (TPSA) is 22.1 Å². The summed E-state index contributed by atoms with van der Waals surface area (Å²) in [7, 11) is 0. The van der Waals surface area contributed by atoms with Gasteiger partial charge in [0.05, 0.1) is 5.56 Å². The number of aromatic nitrogens is 1. The van der Waals surface area contributed by atoms with Gasteiger partial charge in [-0.25, -0.2) is 4.98 Å². The van der Waals surface area contributed by atoms with Crippen molar-refractivity contribution in [3.63, 3.8) is 0 Å². The summed E-state index contributed by atoms with van der Waals surface area (Å²) >= 11 is 2.23. The van der Waals surface area contributed by atoms with E-state index in [4.69, 9.17) is 4.74 Å². The molecule has 0 saturated heterocycles. The predicted octanol–water partition coefficient (Wildman–Crippen LogP) is 5.96. The second-order valence-corrected chi connectivity index (χ2v) is 6.11. The monoisotopic (exact) mass is 429 g/mol. The molecule has 0 N–H and O–H groups in total. The molecule has 3 rings (SSSR count). The lowest BCUT2D eigenvalue weighted by atomic mass is 10.1. The number of benzene rings is 2. The van der Waals surface area contributed by atoms with Gasteiger partial charge in [-0.2, -0.15) is 13.2 Å². The number of hydrogen-bond acceptors (Lipinski definition) is 2. The Balaban J connectivity index is 2.04. The molecule has 0 aliphatic rings. The molecule has 3 aromatic rings. The van der Waals surface area contributed by atoms with Crippen LogP contribution < -0.4 is 4.74 Å². The molecule has 2 aromatic carbocycles. The van der Waals surface area contributed by atoms with Crippen molar-refractivity contribution in [1.29, 1.82) is 0 Å². The molecular weight excluding hydrogens is 418 g/mol. The normalized spacial score (nSPS) is 11.7. The number of rotatable bonds is 2. The lowest BCUT2D eigenvalue weighted by molar-refractivity contribution is -0.137. The number of nitrogens with zero attached hydrogens (tertiary/aromatic N) is 1. The van der Waals surface area contributed by atoms with Gasteiger partial charge in [0.2, 0.25) is 5.88 Å². The zero-order valence-corrected chi connectivity index (χ0v) is 14.1. The lowest BCUT2D eigenvalue weighted by Gasteiger charge is -2.12. The summed E-state index contributed by atoms with van der Waals surface area (Å²) in [6.07, 6.45) is -2.81. The Morgan fingerprint density at radius 1 is 1.04 bits per heavy atom. The summed E-state index contributed by atoms with van der Waals surface area (Å²) in [5.41, 5.74) is 0.370. The fraction of sp³-hybridized carbons (Fsp3) is 0.118. The Kier molecular flexibility index (Phi) is 4.18. The largest absolute Gasteiger partial charge is 0.438 e. The summed E-state index contributed by atoms with van der Waals surface area (Å²) in [6, 6.07) is 10.4. The first-order valence-electron chi connectivity index (χ1n) is 6.75. The van der Waals surface area contributed by atoms with E-state index in [1.54, 1.807) is 6.20 Å². The molecule has 0 aliphatic carbocycles. The first-order chi connectivity index (χ1) is 10.9. The van der Waals surface area contributed by atoms with Crippen LogP contribution in [0.5, 0.6) is 11.6 Å². The second kappa shape index (κ2) is 5.99. The van der Waals surface area contributed by atoms with E-state index < -0.39 is 11.7 Å². The molecule has 0 spiro atoms. The third kappa shape index (κ3) is 3.26. The maximum atomic E-state index is 12.8. The van der Waals surface area contributed by atoms with Gasteiger partial charge in [0, 0.05) is 20.5 Å². The molecule has 2 nitrogen and oxygen atoms in total. The van der Waals surface area contributed by atoms with Crippen molar-refractivity contribution in [1.82, 2.24) is 4.98 Å². The van der Waals surface area contributed by atoms with Crippen LogP contribution >= 0.6 is 22.6 Å². The highest BCUT2D eigenvalue weighted by Crippen LogP contribution is 2.35. The summed E-state index contributed by atoms with van der Waals surface area (Å²) in [6.45, 7) is 2.00. The quantitative estimate of drug-likeness (QED) is 0.469. The van der Waals surface area contributed by atoms with Crippen molar-refractivity contribution < 1.29 is 17.9 Å². The molecule has 0 atom stereocenters. The minimum absolute atomic E-state index is 0.107. The highest BCUT2D eigenvalue weighted by Gasteiger charge is 2.30. The molecule has 0 unspecified atom stereocenters. The Labute approximate surface area is 144 Å². The molecular formula is C17H11F3INO. The molecule has 23 heavy (non-hydrogen) atoms. The van der Waals surface area contributed by atoms with E-state index in [9.17, 15) is 13.2 Å². The van der Waals surface area contributed by atoms with Crippen LogP contribution in [0.15, 0.2) is 48.7 Å². The highest BCUT2D eigenvalue weighted by molar-refractivity contribution is 14.1. The molecule has 0 saturated carbocycles. The molecule has 6 heteroatoms. The van der Waals surface area contributed by atoms with Crippen LogP contribution in [0.2, 0.25) is 0 Å². The number of alkyl halides is 3. The van der Waals surface area contributed by atoms with Gasteiger partial charge in [-0.1, -0.05) is 12.1 Å². The van der Waals surface area contributed by atoms with E-state index in [-0.39, 0.29) is 5.75 Å². The van der Waals surface area contributed by atoms with E-state index in [0.29, 0.717) is 5.88 Å². The van der Waals surface area contributed by atoms with Gasteiger partial charge in [0.1, 0.15) is 5.75 Å². The van der Waals surface area contributed by atoms with Crippen molar-refractivity contribution in [2.75, 3.05) is 0 Å². The molecule has 0 aliphatic heterocycles. The molecule has 0 radical (unpaired) electrons. The van der Waals surface area contributed by atoms with Crippen molar-refractivity contribution in [3.05, 3.63) is 63.4 Å². The van der Waals surface area contributed by atoms with Crippen molar-refractivity contribution in [2.24, 2.45) is 0 Å². The van der Waals surface area contributed by atoms with Crippen LogP contribution in [0.25, 0.3) is 10.8 Å². The van der Waals surface area contributed by atoms with E-state index in [0.717, 1.165) is 32.0 Å². The zero-order chi connectivity index (χ0) is 16.6. The minimum Gasteiger partial charge on any atom is -0.438 e. The van der Waals surface area contributed by atoms with Gasteiger partial charge in [0.15, 0.2) is 0 Å². The number of ether oxygens (including phenoxy) is 1. The Morgan fingerprint density at radius 2 is 1.83 bits per heavy atom. The minimum atomic E-state index is -4.40. The van der Waals surface area contributed by atoms with E-state index >= 15 is 0 Å². The van der Waals surface area contributed by atoms with Gasteiger partial charge in [-0.3, -0.25) is 0 Å². The molecule has 0 bridgehead atoms. The van der Waals surface area contributed by atoms with Gasteiger partial charge in [0.25, 0.3) is 0 Å². The predicted molar refractivity (Wildman–Crippen MR) is 90.7 cm³/mol. The van der Waals surface area contributed by atoms with Crippen LogP contribution in [0, 0.1) is 10.5 Å². The SMILES string of the molecule is Cc1ccc2c(Oc3cccc(C(F)(F)F)c3)nccc2c1I. The van der Waals surface area contributed by atoms with Crippen LogP contribution in [-0.2, 0) is 6.18 Å². The average molecular weight is 429 g/mol. The van der Waals surface area contributed by atoms with Crippen LogP contribution in [0.3, 0.4) is 0 Å². The smallest absolute Gasteiger partial charge is 0.416 e. The second-order valence-electron chi connectivity index (χ2n) is 5.04. The maximum absolute atomic E-state index is 12.8. The maximum Gasteiger partial charge on any atom is 0.416 e. The first-order valence-corrected chi connectivity index (χ1v) is 7.83. The van der Waals surface area contributed by atoms with Gasteiger partial charge in [-0.15, -0.1) is 0 Å².